The summed E-state index contributed by atoms with van der Waals surface area (Å²) in [5, 5.41) is 8.52. The van der Waals surface area contributed by atoms with E-state index in [4.69, 9.17) is 10.5 Å². The second kappa shape index (κ2) is 4.97. The van der Waals surface area contributed by atoms with E-state index in [1.54, 1.807) is 0 Å². The van der Waals surface area contributed by atoms with Gasteiger partial charge in [0.15, 0.2) is 0 Å². The van der Waals surface area contributed by atoms with Crippen LogP contribution in [0, 0.1) is 0 Å². The smallest absolute Gasteiger partial charge is 0.0827 e. The van der Waals surface area contributed by atoms with Crippen LogP contribution in [0.1, 0.15) is 50.3 Å². The van der Waals surface area contributed by atoms with Gasteiger partial charge < -0.3 is 10.5 Å². The molecule has 18 heavy (non-hydrogen) atoms. The summed E-state index contributed by atoms with van der Waals surface area (Å²) in [5.74, 6) is 0. The average molecular weight is 250 g/mol. The fraction of sp³-hybridized carbons (Fsp3) is 0.846. The molecule has 1 saturated carbocycles. The Morgan fingerprint density at radius 2 is 2.39 bits per heavy atom. The van der Waals surface area contributed by atoms with Crippen LogP contribution in [0.3, 0.4) is 0 Å². The zero-order chi connectivity index (χ0) is 12.4. The van der Waals surface area contributed by atoms with Gasteiger partial charge in [-0.1, -0.05) is 5.21 Å². The minimum atomic E-state index is 0.173. The van der Waals surface area contributed by atoms with Crippen molar-refractivity contribution >= 4 is 0 Å². The maximum atomic E-state index is 5.95. The van der Waals surface area contributed by atoms with E-state index in [1.807, 2.05) is 0 Å². The minimum absolute atomic E-state index is 0.173. The molecule has 2 heterocycles. The molecule has 1 atom stereocenters. The lowest BCUT2D eigenvalue weighted by molar-refractivity contribution is -0.141. The normalized spacial score (nSPS) is 26.2. The molecular formula is C13H22N4O. The Bertz CT molecular complexity index is 399. The van der Waals surface area contributed by atoms with Crippen molar-refractivity contribution in [2.75, 3.05) is 13.2 Å². The van der Waals surface area contributed by atoms with Crippen LogP contribution >= 0.6 is 0 Å². The van der Waals surface area contributed by atoms with Gasteiger partial charge in [0.2, 0.25) is 0 Å². The molecule has 3 rings (SSSR count). The number of aryl methyl sites for hydroxylation is 1. The number of nitrogens with zero attached hydrogens (tertiary/aromatic N) is 3. The van der Waals surface area contributed by atoms with Crippen LogP contribution in [-0.2, 0) is 11.2 Å². The third-order valence-electron chi connectivity index (χ3n) is 4.30. The standard InChI is InChI=1S/C13H22N4O/c14-7-1-3-11-10-17(16-15-11)12-4-8-18-13(9-12)5-2-6-13/h10,12H,1-9,14H2. The maximum absolute atomic E-state index is 5.95. The first kappa shape index (κ1) is 12.1. The fourth-order valence-electron chi connectivity index (χ4n) is 3.04. The van der Waals surface area contributed by atoms with Crippen LogP contribution in [0.2, 0.25) is 0 Å². The van der Waals surface area contributed by atoms with Gasteiger partial charge in [-0.25, -0.2) is 4.68 Å². The lowest BCUT2D eigenvalue weighted by atomic mass is 9.74. The summed E-state index contributed by atoms with van der Waals surface area (Å²) >= 11 is 0. The monoisotopic (exact) mass is 250 g/mol. The van der Waals surface area contributed by atoms with Gasteiger partial charge in [0.25, 0.3) is 0 Å². The molecule has 1 aromatic rings. The van der Waals surface area contributed by atoms with Crippen molar-refractivity contribution in [2.24, 2.45) is 5.73 Å². The van der Waals surface area contributed by atoms with E-state index in [9.17, 15) is 0 Å². The van der Waals surface area contributed by atoms with E-state index in [2.05, 4.69) is 21.2 Å². The number of hydrogen-bond acceptors (Lipinski definition) is 4. The molecule has 0 aromatic carbocycles. The molecule has 1 aliphatic heterocycles. The second-order valence-electron chi connectivity index (χ2n) is 5.61. The third kappa shape index (κ3) is 2.29. The number of aromatic nitrogens is 3. The van der Waals surface area contributed by atoms with E-state index in [0.717, 1.165) is 38.0 Å². The topological polar surface area (TPSA) is 66.0 Å². The van der Waals surface area contributed by atoms with Crippen molar-refractivity contribution in [3.8, 4) is 0 Å². The molecule has 0 radical (unpaired) electrons. The summed E-state index contributed by atoms with van der Waals surface area (Å²) in [6.45, 7) is 1.58. The molecule has 100 valence electrons. The molecule has 1 spiro atoms. The van der Waals surface area contributed by atoms with Gasteiger partial charge in [0, 0.05) is 12.8 Å². The van der Waals surface area contributed by atoms with E-state index in [1.165, 1.54) is 19.3 Å². The Labute approximate surface area is 108 Å². The summed E-state index contributed by atoms with van der Waals surface area (Å²) in [4.78, 5) is 0. The number of hydrogen-bond donors (Lipinski definition) is 1. The largest absolute Gasteiger partial charge is 0.375 e. The van der Waals surface area contributed by atoms with Crippen molar-refractivity contribution in [3.63, 3.8) is 0 Å². The Kier molecular flexibility index (Phi) is 3.35. The molecule has 2 fully saturated rings. The predicted octanol–water partition coefficient (Wildman–Crippen LogP) is 1.44. The van der Waals surface area contributed by atoms with Gasteiger partial charge in [-0.15, -0.1) is 5.10 Å². The average Bonchev–Trinajstić information content (AvgIpc) is 2.83. The van der Waals surface area contributed by atoms with Crippen molar-refractivity contribution in [1.29, 1.82) is 0 Å². The van der Waals surface area contributed by atoms with Gasteiger partial charge >= 0.3 is 0 Å². The van der Waals surface area contributed by atoms with Crippen molar-refractivity contribution < 1.29 is 4.74 Å². The van der Waals surface area contributed by atoms with Crippen LogP contribution in [0.25, 0.3) is 0 Å². The van der Waals surface area contributed by atoms with Crippen LogP contribution in [0.5, 0.6) is 0 Å². The first-order chi connectivity index (χ1) is 8.81. The van der Waals surface area contributed by atoms with E-state index in [0.29, 0.717) is 12.6 Å². The number of rotatable bonds is 4. The molecule has 1 unspecified atom stereocenters. The highest BCUT2D eigenvalue weighted by molar-refractivity contribution is 4.98. The summed E-state index contributed by atoms with van der Waals surface area (Å²) < 4.78 is 8.00. The zero-order valence-electron chi connectivity index (χ0n) is 10.8. The predicted molar refractivity (Wildman–Crippen MR) is 68.2 cm³/mol. The molecular weight excluding hydrogens is 228 g/mol. The molecule has 2 aliphatic rings. The Morgan fingerprint density at radius 1 is 1.50 bits per heavy atom. The maximum Gasteiger partial charge on any atom is 0.0827 e. The fourth-order valence-corrected chi connectivity index (χ4v) is 3.04. The van der Waals surface area contributed by atoms with Crippen LogP contribution < -0.4 is 5.73 Å². The molecule has 1 aliphatic carbocycles. The van der Waals surface area contributed by atoms with E-state index >= 15 is 0 Å². The molecule has 1 saturated heterocycles. The van der Waals surface area contributed by atoms with Crippen molar-refractivity contribution in [2.45, 2.75) is 56.6 Å². The highest BCUT2D eigenvalue weighted by Crippen LogP contribution is 2.45. The first-order valence-electron chi connectivity index (χ1n) is 7.06. The summed E-state index contributed by atoms with van der Waals surface area (Å²) in [6, 6.07) is 0.471. The molecule has 0 amide bonds. The third-order valence-corrected chi connectivity index (χ3v) is 4.30. The molecule has 1 aromatic heterocycles. The number of nitrogens with two attached hydrogens (primary N) is 1. The molecule has 5 nitrogen and oxygen atoms in total. The minimum Gasteiger partial charge on any atom is -0.375 e. The Hall–Kier alpha value is -0.940. The lowest BCUT2D eigenvalue weighted by Gasteiger charge is -2.47. The molecule has 0 bridgehead atoms. The quantitative estimate of drug-likeness (QED) is 0.878. The van der Waals surface area contributed by atoms with E-state index < -0.39 is 0 Å². The second-order valence-corrected chi connectivity index (χ2v) is 5.61. The van der Waals surface area contributed by atoms with Crippen LogP contribution in [0.15, 0.2) is 6.20 Å². The van der Waals surface area contributed by atoms with Gasteiger partial charge in [0.1, 0.15) is 0 Å². The van der Waals surface area contributed by atoms with Gasteiger partial charge in [-0.2, -0.15) is 0 Å². The Morgan fingerprint density at radius 3 is 3.11 bits per heavy atom. The summed E-state index contributed by atoms with van der Waals surface area (Å²) in [7, 11) is 0. The SMILES string of the molecule is NCCCc1cn(C2CCOC3(CCC3)C2)nn1. The van der Waals surface area contributed by atoms with Gasteiger partial charge in [-0.05, 0) is 51.5 Å². The lowest BCUT2D eigenvalue weighted by Crippen LogP contribution is -2.46. The van der Waals surface area contributed by atoms with Crippen LogP contribution in [-0.4, -0.2) is 33.7 Å². The van der Waals surface area contributed by atoms with Crippen LogP contribution in [0.4, 0.5) is 0 Å². The van der Waals surface area contributed by atoms with Crippen molar-refractivity contribution in [1.82, 2.24) is 15.0 Å². The van der Waals surface area contributed by atoms with Crippen molar-refractivity contribution in [3.05, 3.63) is 11.9 Å². The van der Waals surface area contributed by atoms with Gasteiger partial charge in [-0.3, -0.25) is 0 Å². The highest BCUT2D eigenvalue weighted by atomic mass is 16.5. The Balaban J connectivity index is 1.64. The molecule has 5 heteroatoms. The summed E-state index contributed by atoms with van der Waals surface area (Å²) in [5.41, 5.74) is 6.75. The molecule has 2 N–H and O–H groups in total. The summed E-state index contributed by atoms with van der Waals surface area (Å²) in [6.07, 6.45) is 9.93. The first-order valence-corrected chi connectivity index (χ1v) is 7.06. The number of ether oxygens (including phenoxy) is 1. The highest BCUT2D eigenvalue weighted by Gasteiger charge is 2.43. The van der Waals surface area contributed by atoms with E-state index in [-0.39, 0.29) is 5.60 Å². The zero-order valence-corrected chi connectivity index (χ0v) is 10.8. The van der Waals surface area contributed by atoms with Gasteiger partial charge in [0.05, 0.1) is 17.3 Å².